The number of hydrogen-bond donors (Lipinski definition) is 1. The molecule has 2 heterocycles. The van der Waals surface area contributed by atoms with Crippen molar-refractivity contribution >= 4 is 21.9 Å². The standard InChI is InChI=1S/C15H18BrNO4/c1-20-15(19)13-6-12(18)8-17(13)7-10-5-11(16)4-9-2-3-21-14(9)10/h4-5,12-13,18H,2-3,6-8H2,1H3. The van der Waals surface area contributed by atoms with Crippen molar-refractivity contribution in [3.8, 4) is 5.75 Å². The maximum absolute atomic E-state index is 11.8. The van der Waals surface area contributed by atoms with Crippen LogP contribution in [0, 0.1) is 0 Å². The van der Waals surface area contributed by atoms with Crippen LogP contribution in [0.1, 0.15) is 17.5 Å². The van der Waals surface area contributed by atoms with Crippen LogP contribution in [0.25, 0.3) is 0 Å². The summed E-state index contributed by atoms with van der Waals surface area (Å²) in [6, 6.07) is 3.70. The Balaban J connectivity index is 1.84. The quantitative estimate of drug-likeness (QED) is 0.832. The molecule has 21 heavy (non-hydrogen) atoms. The summed E-state index contributed by atoms with van der Waals surface area (Å²) >= 11 is 3.52. The first-order valence-corrected chi connectivity index (χ1v) is 7.82. The fourth-order valence-electron chi connectivity index (χ4n) is 3.12. The molecule has 0 bridgehead atoms. The highest BCUT2D eigenvalue weighted by molar-refractivity contribution is 9.10. The first kappa shape index (κ1) is 14.8. The molecule has 3 rings (SSSR count). The Kier molecular flexibility index (Phi) is 4.19. The number of carbonyl (C=O) groups is 1. The van der Waals surface area contributed by atoms with E-state index in [0.29, 0.717) is 26.1 Å². The lowest BCUT2D eigenvalue weighted by Crippen LogP contribution is -2.36. The van der Waals surface area contributed by atoms with E-state index >= 15 is 0 Å². The van der Waals surface area contributed by atoms with Crippen molar-refractivity contribution in [1.82, 2.24) is 4.90 Å². The molecule has 2 aliphatic rings. The lowest BCUT2D eigenvalue weighted by atomic mass is 10.1. The van der Waals surface area contributed by atoms with Crippen LogP contribution < -0.4 is 4.74 Å². The fraction of sp³-hybridized carbons (Fsp3) is 0.533. The Morgan fingerprint density at radius 1 is 1.57 bits per heavy atom. The van der Waals surface area contributed by atoms with E-state index in [1.807, 2.05) is 11.0 Å². The fourth-order valence-corrected chi connectivity index (χ4v) is 3.67. The van der Waals surface area contributed by atoms with Crippen LogP contribution in [-0.4, -0.2) is 48.4 Å². The zero-order valence-electron chi connectivity index (χ0n) is 11.8. The number of methoxy groups -OCH3 is 1. The van der Waals surface area contributed by atoms with E-state index in [-0.39, 0.29) is 12.0 Å². The van der Waals surface area contributed by atoms with Crippen molar-refractivity contribution in [3.05, 3.63) is 27.7 Å². The van der Waals surface area contributed by atoms with E-state index < -0.39 is 6.10 Å². The summed E-state index contributed by atoms with van der Waals surface area (Å²) in [5.41, 5.74) is 2.23. The zero-order chi connectivity index (χ0) is 15.0. The first-order valence-electron chi connectivity index (χ1n) is 7.02. The van der Waals surface area contributed by atoms with Crippen molar-refractivity contribution in [3.63, 3.8) is 0 Å². The number of aliphatic hydroxyl groups is 1. The molecule has 0 spiro atoms. The number of carbonyl (C=O) groups excluding carboxylic acids is 1. The minimum Gasteiger partial charge on any atom is -0.493 e. The number of nitrogens with zero attached hydrogens (tertiary/aromatic N) is 1. The van der Waals surface area contributed by atoms with Gasteiger partial charge in [-0.05, 0) is 17.7 Å². The van der Waals surface area contributed by atoms with Gasteiger partial charge in [0.25, 0.3) is 0 Å². The summed E-state index contributed by atoms with van der Waals surface area (Å²) in [5.74, 6) is 0.627. The zero-order valence-corrected chi connectivity index (χ0v) is 13.4. The van der Waals surface area contributed by atoms with Crippen molar-refractivity contribution in [2.75, 3.05) is 20.3 Å². The average molecular weight is 356 g/mol. The molecule has 0 radical (unpaired) electrons. The summed E-state index contributed by atoms with van der Waals surface area (Å²) in [4.78, 5) is 13.8. The maximum Gasteiger partial charge on any atom is 0.323 e. The number of β-amino-alcohol motifs (C(OH)–C–C–N with tert-alkyl or cyclic N) is 1. The van der Waals surface area contributed by atoms with Gasteiger partial charge in [0, 0.05) is 36.0 Å². The van der Waals surface area contributed by atoms with Gasteiger partial charge in [0.15, 0.2) is 0 Å². The summed E-state index contributed by atoms with van der Waals surface area (Å²) < 4.78 is 11.6. The second kappa shape index (κ2) is 5.94. The minimum absolute atomic E-state index is 0.292. The van der Waals surface area contributed by atoms with E-state index in [1.165, 1.54) is 12.7 Å². The largest absolute Gasteiger partial charge is 0.493 e. The molecule has 5 nitrogen and oxygen atoms in total. The van der Waals surface area contributed by atoms with E-state index in [2.05, 4.69) is 22.0 Å². The predicted octanol–water partition coefficient (Wildman–Crippen LogP) is 1.49. The molecule has 0 saturated carbocycles. The van der Waals surface area contributed by atoms with Crippen LogP contribution in [0.2, 0.25) is 0 Å². The Morgan fingerprint density at radius 2 is 2.38 bits per heavy atom. The number of halogens is 1. The second-order valence-electron chi connectivity index (χ2n) is 5.51. The molecule has 1 aromatic carbocycles. The number of rotatable bonds is 3. The molecule has 1 aromatic rings. The Morgan fingerprint density at radius 3 is 3.14 bits per heavy atom. The van der Waals surface area contributed by atoms with Gasteiger partial charge in [0.05, 0.1) is 19.8 Å². The van der Waals surface area contributed by atoms with Gasteiger partial charge in [-0.15, -0.1) is 0 Å². The molecule has 114 valence electrons. The second-order valence-corrected chi connectivity index (χ2v) is 6.43. The molecule has 0 aliphatic carbocycles. The van der Waals surface area contributed by atoms with Gasteiger partial charge in [-0.25, -0.2) is 0 Å². The highest BCUT2D eigenvalue weighted by Gasteiger charge is 2.37. The van der Waals surface area contributed by atoms with E-state index in [0.717, 1.165) is 22.2 Å². The number of hydrogen-bond acceptors (Lipinski definition) is 5. The molecule has 2 atom stereocenters. The molecule has 1 fully saturated rings. The SMILES string of the molecule is COC(=O)C1CC(O)CN1Cc1cc(Br)cc2c1OCC2. The van der Waals surface area contributed by atoms with Gasteiger partial charge < -0.3 is 14.6 Å². The molecule has 2 aliphatic heterocycles. The van der Waals surface area contributed by atoms with Crippen LogP contribution >= 0.6 is 15.9 Å². The minimum atomic E-state index is -0.491. The van der Waals surface area contributed by atoms with Crippen molar-refractivity contribution in [2.45, 2.75) is 31.5 Å². The highest BCUT2D eigenvalue weighted by Crippen LogP contribution is 2.35. The Hall–Kier alpha value is -1.11. The molecular weight excluding hydrogens is 338 g/mol. The lowest BCUT2D eigenvalue weighted by Gasteiger charge is -2.23. The summed E-state index contributed by atoms with van der Waals surface area (Å²) in [5, 5.41) is 9.85. The third-order valence-corrected chi connectivity index (χ3v) is 4.51. The third-order valence-electron chi connectivity index (χ3n) is 4.05. The summed E-state index contributed by atoms with van der Waals surface area (Å²) in [7, 11) is 1.38. The number of benzene rings is 1. The van der Waals surface area contributed by atoms with E-state index in [9.17, 15) is 9.90 Å². The normalized spacial score (nSPS) is 24.7. The molecule has 1 saturated heterocycles. The molecule has 2 unspecified atom stereocenters. The van der Waals surface area contributed by atoms with E-state index in [4.69, 9.17) is 9.47 Å². The van der Waals surface area contributed by atoms with Crippen LogP contribution in [0.5, 0.6) is 5.75 Å². The van der Waals surface area contributed by atoms with Crippen LogP contribution in [-0.2, 0) is 22.5 Å². The van der Waals surface area contributed by atoms with Gasteiger partial charge in [0.1, 0.15) is 11.8 Å². The van der Waals surface area contributed by atoms with Gasteiger partial charge in [-0.1, -0.05) is 15.9 Å². The number of esters is 1. The van der Waals surface area contributed by atoms with Crippen molar-refractivity contribution < 1.29 is 19.4 Å². The van der Waals surface area contributed by atoms with Crippen molar-refractivity contribution in [1.29, 1.82) is 0 Å². The van der Waals surface area contributed by atoms with Gasteiger partial charge in [-0.2, -0.15) is 0 Å². The number of fused-ring (bicyclic) bond motifs is 1. The molecule has 1 N–H and O–H groups in total. The molecule has 0 amide bonds. The van der Waals surface area contributed by atoms with Crippen LogP contribution in [0.4, 0.5) is 0 Å². The summed E-state index contributed by atoms with van der Waals surface area (Å²) in [6.45, 7) is 1.74. The van der Waals surface area contributed by atoms with Gasteiger partial charge in [0.2, 0.25) is 0 Å². The molecule has 6 heteroatoms. The molecular formula is C15H18BrNO4. The summed E-state index contributed by atoms with van der Waals surface area (Å²) in [6.07, 6.45) is 0.837. The number of ether oxygens (including phenoxy) is 2. The van der Waals surface area contributed by atoms with Gasteiger partial charge >= 0.3 is 5.97 Å². The van der Waals surface area contributed by atoms with E-state index in [1.54, 1.807) is 0 Å². The Labute approximate surface area is 132 Å². The van der Waals surface area contributed by atoms with Crippen LogP contribution in [0.15, 0.2) is 16.6 Å². The van der Waals surface area contributed by atoms with Gasteiger partial charge in [-0.3, -0.25) is 9.69 Å². The maximum atomic E-state index is 11.8. The highest BCUT2D eigenvalue weighted by atomic mass is 79.9. The van der Waals surface area contributed by atoms with Crippen LogP contribution in [0.3, 0.4) is 0 Å². The topological polar surface area (TPSA) is 59.0 Å². The average Bonchev–Trinajstić information content (AvgIpc) is 3.04. The monoisotopic (exact) mass is 355 g/mol. The molecule has 0 aromatic heterocycles. The third kappa shape index (κ3) is 2.93. The number of likely N-dealkylation sites (tertiary alicyclic amines) is 1. The lowest BCUT2D eigenvalue weighted by molar-refractivity contribution is -0.146. The first-order chi connectivity index (χ1) is 10.1. The predicted molar refractivity (Wildman–Crippen MR) is 80.2 cm³/mol. The number of aliphatic hydroxyl groups excluding tert-OH is 1. The van der Waals surface area contributed by atoms with Crippen molar-refractivity contribution in [2.24, 2.45) is 0 Å². The Bertz CT molecular complexity index is 563. The smallest absolute Gasteiger partial charge is 0.323 e.